The summed E-state index contributed by atoms with van der Waals surface area (Å²) in [5.74, 6) is 0.932. The van der Waals surface area contributed by atoms with E-state index in [-0.39, 0.29) is 18.3 Å². The zero-order valence-electron chi connectivity index (χ0n) is 16.6. The number of ether oxygens (including phenoxy) is 3. The summed E-state index contributed by atoms with van der Waals surface area (Å²) in [7, 11) is 3.22. The van der Waals surface area contributed by atoms with E-state index in [1.54, 1.807) is 27.2 Å². The van der Waals surface area contributed by atoms with E-state index < -0.39 is 5.97 Å². The van der Waals surface area contributed by atoms with Gasteiger partial charge < -0.3 is 19.2 Å². The van der Waals surface area contributed by atoms with E-state index in [0.29, 0.717) is 35.4 Å². The molecule has 1 aromatic carbocycles. The van der Waals surface area contributed by atoms with Crippen molar-refractivity contribution in [2.75, 3.05) is 20.8 Å². The van der Waals surface area contributed by atoms with Gasteiger partial charge in [-0.25, -0.2) is 4.79 Å². The van der Waals surface area contributed by atoms with Crippen molar-refractivity contribution in [2.45, 2.75) is 32.6 Å². The molecule has 0 amide bonds. The zero-order chi connectivity index (χ0) is 20.3. The molecule has 2 aromatic rings. The molecule has 1 N–H and O–H groups in total. The second-order valence-electron chi connectivity index (χ2n) is 6.78. The molecule has 0 saturated heterocycles. The molecule has 0 saturated carbocycles. The molecule has 0 aliphatic heterocycles. The topological polar surface area (TPSA) is 77.6 Å². The Hall–Kier alpha value is -3.02. The lowest BCUT2D eigenvalue weighted by Crippen LogP contribution is -2.19. The molecular weight excluding hydrogens is 358 g/mol. The molecule has 1 aliphatic carbocycles. The molecule has 28 heavy (non-hydrogen) atoms. The fourth-order valence-electron chi connectivity index (χ4n) is 3.71. The fraction of sp³-hybridized carbons (Fsp3) is 0.364. The lowest BCUT2D eigenvalue weighted by Gasteiger charge is -2.24. The summed E-state index contributed by atoms with van der Waals surface area (Å²) in [4.78, 5) is 28.4. The second kappa shape index (κ2) is 8.33. The number of aromatic amines is 1. The van der Waals surface area contributed by atoms with Crippen molar-refractivity contribution < 1.29 is 23.8 Å². The summed E-state index contributed by atoms with van der Waals surface area (Å²) < 4.78 is 16.0. The quantitative estimate of drug-likeness (QED) is 0.603. The summed E-state index contributed by atoms with van der Waals surface area (Å²) >= 11 is 0. The van der Waals surface area contributed by atoms with Gasteiger partial charge in [-0.3, -0.25) is 4.79 Å². The maximum absolute atomic E-state index is 12.9. The number of aromatic nitrogens is 1. The number of H-pyrrole nitrogens is 1. The lowest BCUT2D eigenvalue weighted by molar-refractivity contribution is 0.0542. The molecule has 0 bridgehead atoms. The Labute approximate surface area is 164 Å². The second-order valence-corrected chi connectivity index (χ2v) is 6.78. The number of Topliss-reactive ketones (excluding diaryl/α,β-unsaturated/α-hetero) is 1. The van der Waals surface area contributed by atoms with Gasteiger partial charge in [0, 0.05) is 29.2 Å². The Morgan fingerprint density at radius 1 is 1.25 bits per heavy atom. The lowest BCUT2D eigenvalue weighted by atomic mass is 9.81. The highest BCUT2D eigenvalue weighted by Crippen LogP contribution is 2.40. The van der Waals surface area contributed by atoms with Crippen molar-refractivity contribution >= 4 is 11.8 Å². The van der Waals surface area contributed by atoms with Crippen LogP contribution in [0.4, 0.5) is 0 Å². The number of fused-ring (bicyclic) bond motifs is 1. The number of hydrogen-bond acceptors (Lipinski definition) is 5. The van der Waals surface area contributed by atoms with Crippen LogP contribution in [0.15, 0.2) is 30.4 Å². The molecule has 6 nitrogen and oxygen atoms in total. The van der Waals surface area contributed by atoms with Gasteiger partial charge in [-0.15, -0.1) is 0 Å². The van der Waals surface area contributed by atoms with Crippen molar-refractivity contribution in [1.82, 2.24) is 4.98 Å². The van der Waals surface area contributed by atoms with Crippen molar-refractivity contribution in [3.05, 3.63) is 58.4 Å². The van der Waals surface area contributed by atoms with E-state index in [9.17, 15) is 9.59 Å². The SMILES string of the molecule is C/C=C/COC(=O)c1[nH]c2c(c1C)C(=O)CC(c1cc(OC)ccc1OC)C2. The molecule has 1 aromatic heterocycles. The average Bonchev–Trinajstić information content (AvgIpc) is 3.04. The molecule has 148 valence electrons. The van der Waals surface area contributed by atoms with Crippen LogP contribution in [0.1, 0.15) is 56.9 Å². The Morgan fingerprint density at radius 2 is 2.04 bits per heavy atom. The first-order valence-corrected chi connectivity index (χ1v) is 9.25. The largest absolute Gasteiger partial charge is 0.497 e. The van der Waals surface area contributed by atoms with Gasteiger partial charge in [-0.05, 0) is 44.0 Å². The molecule has 1 aliphatic rings. The Bertz CT molecular complexity index is 925. The fourth-order valence-corrected chi connectivity index (χ4v) is 3.71. The molecule has 0 spiro atoms. The van der Waals surface area contributed by atoms with Gasteiger partial charge in [0.25, 0.3) is 0 Å². The maximum atomic E-state index is 12.9. The maximum Gasteiger partial charge on any atom is 0.355 e. The number of ketones is 1. The molecule has 1 atom stereocenters. The van der Waals surface area contributed by atoms with Crippen LogP contribution in [0, 0.1) is 6.92 Å². The molecule has 1 heterocycles. The van der Waals surface area contributed by atoms with Gasteiger partial charge in [-0.1, -0.05) is 12.2 Å². The van der Waals surface area contributed by atoms with Crippen LogP contribution in [0.5, 0.6) is 11.5 Å². The van der Waals surface area contributed by atoms with E-state index >= 15 is 0 Å². The summed E-state index contributed by atoms with van der Waals surface area (Å²) in [6.45, 7) is 3.85. The number of hydrogen-bond donors (Lipinski definition) is 1. The van der Waals surface area contributed by atoms with Gasteiger partial charge in [-0.2, -0.15) is 0 Å². The van der Waals surface area contributed by atoms with Crippen LogP contribution >= 0.6 is 0 Å². The molecule has 3 rings (SSSR count). The number of carbonyl (C=O) groups is 2. The number of rotatable bonds is 6. The number of carbonyl (C=O) groups excluding carboxylic acids is 2. The van der Waals surface area contributed by atoms with Gasteiger partial charge in [0.2, 0.25) is 0 Å². The Balaban J connectivity index is 1.92. The predicted molar refractivity (Wildman–Crippen MR) is 106 cm³/mol. The van der Waals surface area contributed by atoms with E-state index in [2.05, 4.69) is 4.98 Å². The van der Waals surface area contributed by atoms with Crippen LogP contribution in [-0.4, -0.2) is 37.6 Å². The zero-order valence-corrected chi connectivity index (χ0v) is 16.6. The van der Waals surface area contributed by atoms with Gasteiger partial charge in [0.15, 0.2) is 5.78 Å². The highest BCUT2D eigenvalue weighted by Gasteiger charge is 2.33. The highest BCUT2D eigenvalue weighted by molar-refractivity contribution is 6.03. The average molecular weight is 383 g/mol. The smallest absolute Gasteiger partial charge is 0.355 e. The molecule has 0 fully saturated rings. The molecule has 1 unspecified atom stereocenters. The summed E-state index contributed by atoms with van der Waals surface area (Å²) in [6.07, 6.45) is 4.53. The Morgan fingerprint density at radius 3 is 2.71 bits per heavy atom. The van der Waals surface area contributed by atoms with E-state index in [0.717, 1.165) is 17.0 Å². The normalized spacial score (nSPS) is 16.1. The van der Waals surface area contributed by atoms with Crippen molar-refractivity contribution in [2.24, 2.45) is 0 Å². The first-order valence-electron chi connectivity index (χ1n) is 9.25. The number of methoxy groups -OCH3 is 2. The van der Waals surface area contributed by atoms with Crippen LogP contribution in [0.25, 0.3) is 0 Å². The third-order valence-electron chi connectivity index (χ3n) is 5.12. The van der Waals surface area contributed by atoms with Gasteiger partial charge in [0.05, 0.1) is 14.2 Å². The van der Waals surface area contributed by atoms with Gasteiger partial charge in [0.1, 0.15) is 23.8 Å². The molecule has 0 radical (unpaired) electrons. The molecule has 6 heteroatoms. The van der Waals surface area contributed by atoms with E-state index in [1.165, 1.54) is 0 Å². The minimum atomic E-state index is -0.451. The van der Waals surface area contributed by atoms with Crippen LogP contribution in [0.3, 0.4) is 0 Å². The first-order chi connectivity index (χ1) is 13.5. The number of nitrogens with one attached hydrogen (secondary N) is 1. The monoisotopic (exact) mass is 383 g/mol. The predicted octanol–water partition coefficient (Wildman–Crippen LogP) is 3.99. The van der Waals surface area contributed by atoms with Gasteiger partial charge >= 0.3 is 5.97 Å². The Kier molecular flexibility index (Phi) is 5.87. The molecular formula is C22H25NO5. The van der Waals surface area contributed by atoms with Crippen LogP contribution in [0.2, 0.25) is 0 Å². The number of benzene rings is 1. The summed E-state index contributed by atoms with van der Waals surface area (Å²) in [5, 5.41) is 0. The first kappa shape index (κ1) is 19.7. The minimum absolute atomic E-state index is 0.0115. The van der Waals surface area contributed by atoms with Crippen molar-refractivity contribution in [3.63, 3.8) is 0 Å². The third-order valence-corrected chi connectivity index (χ3v) is 5.12. The van der Waals surface area contributed by atoms with Crippen LogP contribution < -0.4 is 9.47 Å². The highest BCUT2D eigenvalue weighted by atomic mass is 16.5. The third kappa shape index (κ3) is 3.67. The van der Waals surface area contributed by atoms with Crippen molar-refractivity contribution in [3.8, 4) is 11.5 Å². The van der Waals surface area contributed by atoms with Crippen molar-refractivity contribution in [1.29, 1.82) is 0 Å². The minimum Gasteiger partial charge on any atom is -0.497 e. The summed E-state index contributed by atoms with van der Waals surface area (Å²) in [5.41, 5.74) is 3.30. The van der Waals surface area contributed by atoms with E-state index in [4.69, 9.17) is 14.2 Å². The summed E-state index contributed by atoms with van der Waals surface area (Å²) in [6, 6.07) is 5.58. The number of allylic oxidation sites excluding steroid dienone is 1. The van der Waals surface area contributed by atoms with Crippen LogP contribution in [-0.2, 0) is 11.2 Å². The number of esters is 1. The standard InChI is InChI=1S/C22H25NO5/c1-5-6-9-28-22(25)21-13(2)20-17(23-21)10-14(11-18(20)24)16-12-15(26-3)7-8-19(16)27-4/h5-8,12,14,23H,9-11H2,1-4H3/b6-5+. The van der Waals surface area contributed by atoms with E-state index in [1.807, 2.05) is 31.2 Å².